The normalized spacial score (nSPS) is 15.4. The molecule has 1 amide bonds. The summed E-state index contributed by atoms with van der Waals surface area (Å²) < 4.78 is 20.1. The van der Waals surface area contributed by atoms with Gasteiger partial charge < -0.3 is 10.1 Å². The average molecular weight is 420 g/mol. The summed E-state index contributed by atoms with van der Waals surface area (Å²) in [4.78, 5) is 25.2. The summed E-state index contributed by atoms with van der Waals surface area (Å²) in [6.07, 6.45) is 3.14. The van der Waals surface area contributed by atoms with Crippen molar-refractivity contribution in [1.29, 1.82) is 0 Å². The number of rotatable bonds is 5. The van der Waals surface area contributed by atoms with E-state index in [4.69, 9.17) is 4.74 Å². The van der Waals surface area contributed by atoms with Crippen LogP contribution in [0.4, 0.5) is 4.39 Å². The number of amides is 1. The minimum atomic E-state index is -0.386. The van der Waals surface area contributed by atoms with Crippen LogP contribution in [0.5, 0.6) is 0 Å². The molecule has 31 heavy (non-hydrogen) atoms. The van der Waals surface area contributed by atoms with Crippen molar-refractivity contribution in [1.82, 2.24) is 9.88 Å². The van der Waals surface area contributed by atoms with Crippen molar-refractivity contribution in [2.24, 2.45) is 0 Å². The Kier molecular flexibility index (Phi) is 6.00. The molecule has 160 valence electrons. The van der Waals surface area contributed by atoms with Crippen LogP contribution in [0.2, 0.25) is 0 Å². The summed E-state index contributed by atoms with van der Waals surface area (Å²) in [5.41, 5.74) is 2.78. The molecule has 5 nitrogen and oxygen atoms in total. The zero-order chi connectivity index (χ0) is 21.8. The van der Waals surface area contributed by atoms with Gasteiger partial charge in [0.15, 0.2) is 0 Å². The van der Waals surface area contributed by atoms with Gasteiger partial charge in [-0.15, -0.1) is 0 Å². The SMILES string of the molecule is Cc1ccc(C2(CNC(=O)c3ccc(=O)n(-c4ccc(F)cc4)c3)CCOCC2)cc1. The first-order valence-corrected chi connectivity index (χ1v) is 10.4. The van der Waals surface area contributed by atoms with E-state index in [0.717, 1.165) is 12.8 Å². The van der Waals surface area contributed by atoms with Gasteiger partial charge in [0.2, 0.25) is 0 Å². The van der Waals surface area contributed by atoms with Crippen molar-refractivity contribution in [2.45, 2.75) is 25.2 Å². The Morgan fingerprint density at radius 2 is 1.71 bits per heavy atom. The summed E-state index contributed by atoms with van der Waals surface area (Å²) in [6.45, 7) is 3.84. The zero-order valence-corrected chi connectivity index (χ0v) is 17.4. The number of nitrogens with one attached hydrogen (secondary N) is 1. The van der Waals surface area contributed by atoms with Crippen molar-refractivity contribution < 1.29 is 13.9 Å². The molecule has 0 spiro atoms. The summed E-state index contributed by atoms with van der Waals surface area (Å²) in [6, 6.07) is 16.9. The fourth-order valence-corrected chi connectivity index (χ4v) is 4.01. The predicted octanol–water partition coefficient (Wildman–Crippen LogP) is 3.76. The van der Waals surface area contributed by atoms with E-state index in [9.17, 15) is 14.0 Å². The fraction of sp³-hybridized carbons (Fsp3) is 0.280. The molecular weight excluding hydrogens is 395 g/mol. The Bertz CT molecular complexity index is 1110. The van der Waals surface area contributed by atoms with Gasteiger partial charge in [0.25, 0.3) is 11.5 Å². The Morgan fingerprint density at radius 1 is 1.03 bits per heavy atom. The van der Waals surface area contributed by atoms with Crippen LogP contribution < -0.4 is 10.9 Å². The third-order valence-corrected chi connectivity index (χ3v) is 5.98. The summed E-state index contributed by atoms with van der Waals surface area (Å²) >= 11 is 0. The molecule has 2 heterocycles. The molecule has 0 bridgehead atoms. The number of aryl methyl sites for hydroxylation is 1. The van der Waals surface area contributed by atoms with Crippen LogP contribution >= 0.6 is 0 Å². The van der Waals surface area contributed by atoms with Crippen LogP contribution in [0.25, 0.3) is 5.69 Å². The van der Waals surface area contributed by atoms with Gasteiger partial charge in [0.05, 0.1) is 5.56 Å². The third kappa shape index (κ3) is 4.59. The number of aromatic nitrogens is 1. The van der Waals surface area contributed by atoms with Crippen molar-refractivity contribution in [3.05, 3.63) is 99.7 Å². The zero-order valence-electron chi connectivity index (χ0n) is 17.4. The smallest absolute Gasteiger partial charge is 0.255 e. The third-order valence-electron chi connectivity index (χ3n) is 5.98. The molecule has 0 unspecified atom stereocenters. The molecule has 4 rings (SSSR count). The number of hydrogen-bond donors (Lipinski definition) is 1. The Balaban J connectivity index is 1.56. The monoisotopic (exact) mass is 420 g/mol. The Labute approximate surface area is 180 Å². The molecule has 1 aliphatic heterocycles. The van der Waals surface area contributed by atoms with Crippen LogP contribution in [0.3, 0.4) is 0 Å². The molecular formula is C25H25FN2O3. The van der Waals surface area contributed by atoms with E-state index in [1.165, 1.54) is 58.3 Å². The van der Waals surface area contributed by atoms with Crippen LogP contribution in [-0.4, -0.2) is 30.2 Å². The van der Waals surface area contributed by atoms with E-state index in [2.05, 4.69) is 36.5 Å². The van der Waals surface area contributed by atoms with Crippen LogP contribution in [0.15, 0.2) is 71.7 Å². The first kappa shape index (κ1) is 21.0. The van der Waals surface area contributed by atoms with Gasteiger partial charge in [0.1, 0.15) is 5.82 Å². The molecule has 0 aliphatic carbocycles. The van der Waals surface area contributed by atoms with Crippen LogP contribution in [0.1, 0.15) is 34.3 Å². The average Bonchev–Trinajstić information content (AvgIpc) is 2.79. The van der Waals surface area contributed by atoms with E-state index in [1.54, 1.807) is 0 Å². The summed E-state index contributed by atoms with van der Waals surface area (Å²) in [5.74, 6) is -0.641. The lowest BCUT2D eigenvalue weighted by Gasteiger charge is -2.38. The Hall–Kier alpha value is -3.25. The lowest BCUT2D eigenvalue weighted by atomic mass is 9.74. The molecule has 2 aromatic carbocycles. The highest BCUT2D eigenvalue weighted by Gasteiger charge is 2.35. The quantitative estimate of drug-likeness (QED) is 0.684. The molecule has 1 aliphatic rings. The lowest BCUT2D eigenvalue weighted by molar-refractivity contribution is 0.0487. The van der Waals surface area contributed by atoms with E-state index in [0.29, 0.717) is 31.0 Å². The number of benzene rings is 2. The lowest BCUT2D eigenvalue weighted by Crippen LogP contribution is -2.44. The van der Waals surface area contributed by atoms with Crippen molar-refractivity contribution in [3.63, 3.8) is 0 Å². The second-order valence-electron chi connectivity index (χ2n) is 8.04. The van der Waals surface area contributed by atoms with Crippen LogP contribution in [-0.2, 0) is 10.2 Å². The highest BCUT2D eigenvalue weighted by Crippen LogP contribution is 2.34. The number of pyridine rings is 1. The molecule has 6 heteroatoms. The molecule has 1 fully saturated rings. The second-order valence-corrected chi connectivity index (χ2v) is 8.04. The number of carbonyl (C=O) groups excluding carboxylic acids is 1. The van der Waals surface area contributed by atoms with Gasteiger partial charge in [-0.1, -0.05) is 29.8 Å². The highest BCUT2D eigenvalue weighted by molar-refractivity contribution is 5.94. The van der Waals surface area contributed by atoms with E-state index in [-0.39, 0.29) is 22.7 Å². The topological polar surface area (TPSA) is 60.3 Å². The van der Waals surface area contributed by atoms with Gasteiger partial charge in [-0.25, -0.2) is 4.39 Å². The fourth-order valence-electron chi connectivity index (χ4n) is 4.01. The minimum Gasteiger partial charge on any atom is -0.381 e. The van der Waals surface area contributed by atoms with Gasteiger partial charge in [-0.2, -0.15) is 0 Å². The maximum Gasteiger partial charge on any atom is 0.255 e. The van der Waals surface area contributed by atoms with Gasteiger partial charge in [-0.3, -0.25) is 14.2 Å². The van der Waals surface area contributed by atoms with E-state index >= 15 is 0 Å². The first-order valence-electron chi connectivity index (χ1n) is 10.4. The van der Waals surface area contributed by atoms with Gasteiger partial charge >= 0.3 is 0 Å². The van der Waals surface area contributed by atoms with Crippen molar-refractivity contribution in [3.8, 4) is 5.69 Å². The molecule has 0 radical (unpaired) electrons. The van der Waals surface area contributed by atoms with Crippen molar-refractivity contribution >= 4 is 5.91 Å². The van der Waals surface area contributed by atoms with Gasteiger partial charge in [-0.05, 0) is 55.7 Å². The maximum atomic E-state index is 13.2. The summed E-state index contributed by atoms with van der Waals surface area (Å²) in [5, 5.41) is 3.06. The maximum absolute atomic E-state index is 13.2. The number of carbonyl (C=O) groups is 1. The molecule has 1 N–H and O–H groups in total. The van der Waals surface area contributed by atoms with Crippen LogP contribution in [0, 0.1) is 12.7 Å². The Morgan fingerprint density at radius 3 is 2.39 bits per heavy atom. The number of ether oxygens (including phenoxy) is 1. The molecule has 1 aromatic heterocycles. The number of nitrogens with zero attached hydrogens (tertiary/aromatic N) is 1. The first-order chi connectivity index (χ1) is 15.0. The molecule has 0 atom stereocenters. The molecule has 3 aromatic rings. The summed E-state index contributed by atoms with van der Waals surface area (Å²) in [7, 11) is 0. The molecule has 1 saturated heterocycles. The molecule has 0 saturated carbocycles. The van der Waals surface area contributed by atoms with Gasteiger partial charge in [0, 0.05) is 43.1 Å². The predicted molar refractivity (Wildman–Crippen MR) is 117 cm³/mol. The standard InChI is InChI=1S/C25H25FN2O3/c1-18-2-5-20(6-3-18)25(12-14-31-15-13-25)17-27-24(30)19-4-11-23(29)28(16-19)22-9-7-21(26)8-10-22/h2-11,16H,12-15,17H2,1H3,(H,27,30). The largest absolute Gasteiger partial charge is 0.381 e. The second kappa shape index (κ2) is 8.86. The minimum absolute atomic E-state index is 0.187. The van der Waals surface area contributed by atoms with Crippen molar-refractivity contribution in [2.75, 3.05) is 19.8 Å². The van der Waals surface area contributed by atoms with E-state index < -0.39 is 0 Å². The number of halogens is 1. The van der Waals surface area contributed by atoms with E-state index in [1.807, 2.05) is 0 Å². The highest BCUT2D eigenvalue weighted by atomic mass is 19.1. The number of hydrogen-bond acceptors (Lipinski definition) is 3.